The minimum Gasteiger partial charge on any atom is -0.359 e. The molecule has 13 heavy (non-hydrogen) atoms. The highest BCUT2D eigenvalue weighted by atomic mass is 32.2. The SMILES string of the molecule is C=CS/C=C/C(C)CCCNC=O. The molecule has 0 saturated carbocycles. The Morgan fingerprint density at radius 2 is 2.38 bits per heavy atom. The van der Waals surface area contributed by atoms with Crippen molar-refractivity contribution in [2.45, 2.75) is 19.8 Å². The van der Waals surface area contributed by atoms with E-state index in [-0.39, 0.29) is 0 Å². The molecule has 0 bridgehead atoms. The molecule has 0 aromatic heterocycles. The van der Waals surface area contributed by atoms with Crippen LogP contribution in [0.2, 0.25) is 0 Å². The molecule has 1 N–H and O–H groups in total. The number of thioether (sulfide) groups is 1. The van der Waals surface area contributed by atoms with Crippen LogP contribution in [0, 0.1) is 5.92 Å². The summed E-state index contributed by atoms with van der Waals surface area (Å²) in [5.74, 6) is 0.570. The van der Waals surface area contributed by atoms with Gasteiger partial charge in [0.2, 0.25) is 6.41 Å². The quantitative estimate of drug-likeness (QED) is 0.481. The predicted octanol–water partition coefficient (Wildman–Crippen LogP) is 2.54. The van der Waals surface area contributed by atoms with E-state index in [9.17, 15) is 4.79 Å². The minimum atomic E-state index is 0.570. The molecular weight excluding hydrogens is 182 g/mol. The number of rotatable bonds is 8. The Morgan fingerprint density at radius 1 is 1.62 bits per heavy atom. The van der Waals surface area contributed by atoms with Crippen LogP contribution in [0.25, 0.3) is 0 Å². The molecule has 3 heteroatoms. The normalized spacial score (nSPS) is 12.7. The van der Waals surface area contributed by atoms with Crippen molar-refractivity contribution in [1.82, 2.24) is 5.32 Å². The van der Waals surface area contributed by atoms with Crippen LogP contribution in [0.3, 0.4) is 0 Å². The Kier molecular flexibility index (Phi) is 8.88. The van der Waals surface area contributed by atoms with Crippen molar-refractivity contribution in [3.8, 4) is 0 Å². The van der Waals surface area contributed by atoms with E-state index in [0.29, 0.717) is 5.92 Å². The highest BCUT2D eigenvalue weighted by Gasteiger charge is 1.95. The van der Waals surface area contributed by atoms with Crippen LogP contribution in [-0.2, 0) is 4.79 Å². The molecule has 0 aliphatic rings. The summed E-state index contributed by atoms with van der Waals surface area (Å²) in [6, 6.07) is 0. The van der Waals surface area contributed by atoms with E-state index in [0.717, 1.165) is 25.8 Å². The van der Waals surface area contributed by atoms with Crippen LogP contribution in [0.4, 0.5) is 0 Å². The third kappa shape index (κ3) is 9.21. The van der Waals surface area contributed by atoms with Gasteiger partial charge in [-0.3, -0.25) is 4.79 Å². The molecule has 0 aliphatic heterocycles. The van der Waals surface area contributed by atoms with E-state index in [1.165, 1.54) is 0 Å². The lowest BCUT2D eigenvalue weighted by molar-refractivity contribution is -0.109. The number of amides is 1. The van der Waals surface area contributed by atoms with Gasteiger partial charge in [-0.1, -0.05) is 19.6 Å². The van der Waals surface area contributed by atoms with Crippen LogP contribution in [0.5, 0.6) is 0 Å². The second-order valence-electron chi connectivity index (χ2n) is 2.82. The van der Waals surface area contributed by atoms with Gasteiger partial charge in [-0.2, -0.15) is 0 Å². The maximum atomic E-state index is 9.92. The number of carbonyl (C=O) groups is 1. The summed E-state index contributed by atoms with van der Waals surface area (Å²) in [7, 11) is 0. The number of hydrogen-bond acceptors (Lipinski definition) is 2. The molecule has 0 aromatic carbocycles. The second-order valence-corrected chi connectivity index (χ2v) is 3.70. The fraction of sp³-hybridized carbons (Fsp3) is 0.500. The highest BCUT2D eigenvalue weighted by Crippen LogP contribution is 2.10. The van der Waals surface area contributed by atoms with Gasteiger partial charge < -0.3 is 5.32 Å². The van der Waals surface area contributed by atoms with E-state index in [1.807, 2.05) is 5.41 Å². The summed E-state index contributed by atoms with van der Waals surface area (Å²) < 4.78 is 0. The third-order valence-electron chi connectivity index (χ3n) is 1.65. The molecule has 0 saturated heterocycles. The first kappa shape index (κ1) is 12.3. The maximum absolute atomic E-state index is 9.92. The van der Waals surface area contributed by atoms with Crippen LogP contribution >= 0.6 is 11.8 Å². The van der Waals surface area contributed by atoms with Gasteiger partial charge in [0.15, 0.2) is 0 Å². The average Bonchev–Trinajstić information content (AvgIpc) is 2.13. The molecular formula is C10H17NOS. The Morgan fingerprint density at radius 3 is 3.00 bits per heavy atom. The summed E-state index contributed by atoms with van der Waals surface area (Å²) in [5, 5.41) is 6.49. The molecule has 1 amide bonds. The lowest BCUT2D eigenvalue weighted by Gasteiger charge is -2.04. The number of allylic oxidation sites excluding steroid dienone is 1. The van der Waals surface area contributed by atoms with Crippen molar-refractivity contribution in [2.24, 2.45) is 5.92 Å². The fourth-order valence-electron chi connectivity index (χ4n) is 0.916. The highest BCUT2D eigenvalue weighted by molar-refractivity contribution is 8.04. The largest absolute Gasteiger partial charge is 0.359 e. The van der Waals surface area contributed by atoms with Crippen LogP contribution in [0.15, 0.2) is 23.5 Å². The summed E-state index contributed by atoms with van der Waals surface area (Å²) in [6.07, 6.45) is 5.04. The van der Waals surface area contributed by atoms with Crippen LogP contribution in [-0.4, -0.2) is 13.0 Å². The zero-order valence-electron chi connectivity index (χ0n) is 8.03. The van der Waals surface area contributed by atoms with Gasteiger partial charge >= 0.3 is 0 Å². The summed E-state index contributed by atoms with van der Waals surface area (Å²) in [4.78, 5) is 9.92. The lowest BCUT2D eigenvalue weighted by atomic mass is 10.1. The molecule has 0 radical (unpaired) electrons. The van der Waals surface area contributed by atoms with E-state index < -0.39 is 0 Å². The topological polar surface area (TPSA) is 29.1 Å². The van der Waals surface area contributed by atoms with Crippen LogP contribution < -0.4 is 5.32 Å². The van der Waals surface area contributed by atoms with Gasteiger partial charge in [0.1, 0.15) is 0 Å². The van der Waals surface area contributed by atoms with Crippen molar-refractivity contribution in [2.75, 3.05) is 6.54 Å². The molecule has 2 nitrogen and oxygen atoms in total. The number of nitrogens with one attached hydrogen (secondary N) is 1. The zero-order chi connectivity index (χ0) is 9.94. The maximum Gasteiger partial charge on any atom is 0.207 e. The van der Waals surface area contributed by atoms with E-state index >= 15 is 0 Å². The van der Waals surface area contributed by atoms with Gasteiger partial charge in [0.25, 0.3) is 0 Å². The fourth-order valence-corrected chi connectivity index (χ4v) is 1.39. The standard InChI is InChI=1S/C10H17NOS/c1-3-13-8-6-10(2)5-4-7-11-9-12/h3,6,8-10H,1,4-5,7H2,2H3,(H,11,12)/b8-6+. The molecule has 0 fully saturated rings. The van der Waals surface area contributed by atoms with E-state index in [4.69, 9.17) is 0 Å². The summed E-state index contributed by atoms with van der Waals surface area (Å²) in [5.41, 5.74) is 0. The van der Waals surface area contributed by atoms with Crippen molar-refractivity contribution < 1.29 is 4.79 Å². The average molecular weight is 199 g/mol. The monoisotopic (exact) mass is 199 g/mol. The van der Waals surface area contributed by atoms with Gasteiger partial charge in [-0.25, -0.2) is 0 Å². The third-order valence-corrected chi connectivity index (χ3v) is 2.15. The lowest BCUT2D eigenvalue weighted by Crippen LogP contribution is -2.12. The van der Waals surface area contributed by atoms with Crippen molar-refractivity contribution in [1.29, 1.82) is 0 Å². The van der Waals surface area contributed by atoms with E-state index in [1.54, 1.807) is 17.2 Å². The molecule has 74 valence electrons. The summed E-state index contributed by atoms with van der Waals surface area (Å²) in [6.45, 7) is 6.55. The van der Waals surface area contributed by atoms with Gasteiger partial charge in [0.05, 0.1) is 0 Å². The van der Waals surface area contributed by atoms with Gasteiger partial charge in [0, 0.05) is 6.54 Å². The molecule has 0 aromatic rings. The van der Waals surface area contributed by atoms with Crippen molar-refractivity contribution in [3.05, 3.63) is 23.5 Å². The van der Waals surface area contributed by atoms with Crippen LogP contribution in [0.1, 0.15) is 19.8 Å². The Balaban J connectivity index is 3.33. The van der Waals surface area contributed by atoms with Gasteiger partial charge in [-0.15, -0.1) is 11.8 Å². The molecule has 0 aliphatic carbocycles. The molecule has 0 rings (SSSR count). The van der Waals surface area contributed by atoms with Gasteiger partial charge in [-0.05, 0) is 29.6 Å². The second kappa shape index (κ2) is 9.39. The van der Waals surface area contributed by atoms with E-state index in [2.05, 4.69) is 24.9 Å². The molecule has 1 unspecified atom stereocenters. The predicted molar refractivity (Wildman–Crippen MR) is 59.4 cm³/mol. The number of hydrogen-bond donors (Lipinski definition) is 1. The number of carbonyl (C=O) groups excluding carboxylic acids is 1. The van der Waals surface area contributed by atoms with Crippen molar-refractivity contribution in [3.63, 3.8) is 0 Å². The van der Waals surface area contributed by atoms with Crippen molar-refractivity contribution >= 4 is 18.2 Å². The molecule has 0 spiro atoms. The Bertz CT molecular complexity index is 168. The zero-order valence-corrected chi connectivity index (χ0v) is 8.85. The minimum absolute atomic E-state index is 0.570. The Hall–Kier alpha value is -0.700. The first-order chi connectivity index (χ1) is 6.31. The summed E-state index contributed by atoms with van der Waals surface area (Å²) >= 11 is 1.59. The molecule has 0 heterocycles. The first-order valence-electron chi connectivity index (χ1n) is 4.41. The first-order valence-corrected chi connectivity index (χ1v) is 5.35. The molecule has 1 atom stereocenters. The smallest absolute Gasteiger partial charge is 0.207 e. The Labute approximate surface area is 84.5 Å².